The van der Waals surface area contributed by atoms with E-state index in [1.54, 1.807) is 18.2 Å². The predicted octanol–water partition coefficient (Wildman–Crippen LogP) is 1.98. The molecule has 0 aromatic heterocycles. The predicted molar refractivity (Wildman–Crippen MR) is 84.9 cm³/mol. The van der Waals surface area contributed by atoms with Crippen molar-refractivity contribution in [3.05, 3.63) is 37.0 Å². The lowest BCUT2D eigenvalue weighted by Gasteiger charge is -2.31. The van der Waals surface area contributed by atoms with Crippen molar-refractivity contribution in [1.29, 1.82) is 0 Å². The molecule has 3 amide bonds. The summed E-state index contributed by atoms with van der Waals surface area (Å²) in [5.41, 5.74) is 0.0903. The average Bonchev–Trinajstić information content (AvgIpc) is 2.73. The van der Waals surface area contributed by atoms with Crippen molar-refractivity contribution >= 4 is 11.9 Å². The number of imide groups is 1. The number of nitrogens with one attached hydrogen (secondary N) is 2. The van der Waals surface area contributed by atoms with Crippen LogP contribution in [0.5, 0.6) is 0 Å². The van der Waals surface area contributed by atoms with Crippen LogP contribution in [0.15, 0.2) is 37.0 Å². The average molecular weight is 291 g/mol. The van der Waals surface area contributed by atoms with Crippen molar-refractivity contribution in [3.63, 3.8) is 0 Å². The van der Waals surface area contributed by atoms with Crippen LogP contribution in [0, 0.1) is 0 Å². The Morgan fingerprint density at radius 2 is 1.90 bits per heavy atom. The summed E-state index contributed by atoms with van der Waals surface area (Å²) in [7, 11) is 0. The van der Waals surface area contributed by atoms with Crippen LogP contribution in [-0.2, 0) is 4.79 Å². The number of carbonyl (C=O) groups excluding carboxylic acids is 2. The van der Waals surface area contributed by atoms with Crippen molar-refractivity contribution in [2.75, 3.05) is 19.6 Å². The molecule has 2 fully saturated rings. The quantitative estimate of drug-likeness (QED) is 0.615. The number of piperidine rings is 1. The molecular weight excluding hydrogens is 266 g/mol. The van der Waals surface area contributed by atoms with E-state index < -0.39 is 5.54 Å². The van der Waals surface area contributed by atoms with Crippen molar-refractivity contribution in [1.82, 2.24) is 15.5 Å². The van der Waals surface area contributed by atoms with Crippen molar-refractivity contribution < 1.29 is 9.59 Å². The fraction of sp³-hybridized carbons (Fsp3) is 0.500. The third kappa shape index (κ3) is 3.61. The second kappa shape index (κ2) is 7.78. The first kappa shape index (κ1) is 17.2. The van der Waals surface area contributed by atoms with Gasteiger partial charge in [-0.25, -0.2) is 4.79 Å². The molecule has 0 atom stereocenters. The van der Waals surface area contributed by atoms with Gasteiger partial charge in [0.2, 0.25) is 0 Å². The maximum atomic E-state index is 12.5. The highest BCUT2D eigenvalue weighted by atomic mass is 16.2. The summed E-state index contributed by atoms with van der Waals surface area (Å²) in [4.78, 5) is 25.7. The smallest absolute Gasteiger partial charge is 0.323 e. The zero-order chi connectivity index (χ0) is 15.9. The SMILES string of the molecule is C=C/C=C(\C=C)CN1C(=O)NC2(CCNCC2)C1=O.CC. The number of carbonyl (C=O) groups is 2. The van der Waals surface area contributed by atoms with Gasteiger partial charge in [0.15, 0.2) is 0 Å². The van der Waals surface area contributed by atoms with Crippen LogP contribution in [0.1, 0.15) is 26.7 Å². The molecule has 2 heterocycles. The molecule has 0 saturated carbocycles. The highest BCUT2D eigenvalue weighted by molar-refractivity contribution is 6.07. The lowest BCUT2D eigenvalue weighted by Crippen LogP contribution is -2.53. The van der Waals surface area contributed by atoms with E-state index in [-0.39, 0.29) is 18.5 Å². The lowest BCUT2D eigenvalue weighted by atomic mass is 9.88. The van der Waals surface area contributed by atoms with Gasteiger partial charge in [0.05, 0.1) is 6.54 Å². The number of amides is 3. The molecule has 2 rings (SSSR count). The Bertz CT molecular complexity index is 448. The van der Waals surface area contributed by atoms with E-state index in [0.717, 1.165) is 18.7 Å². The molecule has 0 aromatic rings. The summed E-state index contributed by atoms with van der Waals surface area (Å²) in [5.74, 6) is -0.129. The van der Waals surface area contributed by atoms with Gasteiger partial charge in [-0.1, -0.05) is 45.2 Å². The van der Waals surface area contributed by atoms with Crippen LogP contribution in [-0.4, -0.2) is 42.0 Å². The molecule has 116 valence electrons. The van der Waals surface area contributed by atoms with Crippen molar-refractivity contribution in [3.8, 4) is 0 Å². The Labute approximate surface area is 126 Å². The van der Waals surface area contributed by atoms with Gasteiger partial charge in [0.25, 0.3) is 5.91 Å². The van der Waals surface area contributed by atoms with Crippen molar-refractivity contribution in [2.45, 2.75) is 32.2 Å². The zero-order valence-electron chi connectivity index (χ0n) is 12.9. The van der Waals surface area contributed by atoms with Crippen LogP contribution in [0.3, 0.4) is 0 Å². The fourth-order valence-electron chi connectivity index (χ4n) is 2.53. The molecule has 5 nitrogen and oxygen atoms in total. The molecule has 0 aromatic carbocycles. The first-order valence-corrected chi connectivity index (χ1v) is 7.42. The standard InChI is InChI=1S/C14H19N3O2.C2H6/c1-3-5-11(4-2)10-17-12(18)14(16-13(17)19)6-8-15-9-7-14;1-2/h3-5,15H,1-2,6-10H2,(H,16,19);1-2H3/b11-5+;. The molecule has 1 spiro atoms. The minimum atomic E-state index is -0.706. The van der Waals surface area contributed by atoms with Gasteiger partial charge in [-0.15, -0.1) is 0 Å². The molecule has 2 N–H and O–H groups in total. The molecule has 21 heavy (non-hydrogen) atoms. The summed E-state index contributed by atoms with van der Waals surface area (Å²) in [5, 5.41) is 6.05. The molecule has 0 radical (unpaired) electrons. The van der Waals surface area contributed by atoms with E-state index >= 15 is 0 Å². The second-order valence-electron chi connectivity index (χ2n) is 4.83. The third-order valence-electron chi connectivity index (χ3n) is 3.64. The van der Waals surface area contributed by atoms with E-state index in [0.29, 0.717) is 12.8 Å². The number of allylic oxidation sites excluding steroid dienone is 2. The second-order valence-corrected chi connectivity index (χ2v) is 4.83. The van der Waals surface area contributed by atoms with Gasteiger partial charge in [-0.05, 0) is 31.5 Å². The molecule has 5 heteroatoms. The summed E-state index contributed by atoms with van der Waals surface area (Å²) >= 11 is 0. The summed E-state index contributed by atoms with van der Waals surface area (Å²) < 4.78 is 0. The van der Waals surface area contributed by atoms with Crippen LogP contribution in [0.2, 0.25) is 0 Å². The van der Waals surface area contributed by atoms with Gasteiger partial charge >= 0.3 is 6.03 Å². The van der Waals surface area contributed by atoms with Crippen LogP contribution < -0.4 is 10.6 Å². The Kier molecular flexibility index (Phi) is 6.37. The van der Waals surface area contributed by atoms with E-state index in [2.05, 4.69) is 23.8 Å². The van der Waals surface area contributed by atoms with E-state index in [1.165, 1.54) is 4.90 Å². The monoisotopic (exact) mass is 291 g/mol. The fourth-order valence-corrected chi connectivity index (χ4v) is 2.53. The highest BCUT2D eigenvalue weighted by Crippen LogP contribution is 2.27. The number of rotatable bonds is 4. The topological polar surface area (TPSA) is 61.4 Å². The summed E-state index contributed by atoms with van der Waals surface area (Å²) in [6.07, 6.45) is 6.29. The molecule has 2 aliphatic heterocycles. The lowest BCUT2D eigenvalue weighted by molar-refractivity contribution is -0.131. The Balaban J connectivity index is 0.00000106. The van der Waals surface area contributed by atoms with Crippen LogP contribution in [0.4, 0.5) is 4.79 Å². The largest absolute Gasteiger partial charge is 0.325 e. The minimum absolute atomic E-state index is 0.129. The van der Waals surface area contributed by atoms with E-state index in [1.807, 2.05) is 13.8 Å². The maximum absolute atomic E-state index is 12.5. The summed E-state index contributed by atoms with van der Waals surface area (Å²) in [6.45, 7) is 13.0. The first-order valence-electron chi connectivity index (χ1n) is 7.42. The zero-order valence-corrected chi connectivity index (χ0v) is 12.9. The number of hydrogen-bond acceptors (Lipinski definition) is 3. The van der Waals surface area contributed by atoms with Crippen LogP contribution >= 0.6 is 0 Å². The van der Waals surface area contributed by atoms with E-state index in [9.17, 15) is 9.59 Å². The summed E-state index contributed by atoms with van der Waals surface area (Å²) in [6, 6.07) is -0.316. The maximum Gasteiger partial charge on any atom is 0.325 e. The van der Waals surface area contributed by atoms with Gasteiger partial charge in [0.1, 0.15) is 5.54 Å². The molecule has 0 unspecified atom stereocenters. The minimum Gasteiger partial charge on any atom is -0.323 e. The normalized spacial score (nSPS) is 20.7. The van der Waals surface area contributed by atoms with Crippen LogP contribution in [0.25, 0.3) is 0 Å². The highest BCUT2D eigenvalue weighted by Gasteiger charge is 2.51. The molecule has 0 bridgehead atoms. The number of hydrogen-bond donors (Lipinski definition) is 2. The van der Waals surface area contributed by atoms with E-state index in [4.69, 9.17) is 0 Å². The molecule has 2 saturated heterocycles. The van der Waals surface area contributed by atoms with Gasteiger partial charge in [-0.3, -0.25) is 9.69 Å². The Morgan fingerprint density at radius 3 is 2.43 bits per heavy atom. The molecule has 2 aliphatic rings. The Morgan fingerprint density at radius 1 is 1.29 bits per heavy atom. The van der Waals surface area contributed by atoms with Crippen molar-refractivity contribution in [2.24, 2.45) is 0 Å². The number of urea groups is 1. The van der Waals surface area contributed by atoms with Gasteiger partial charge < -0.3 is 10.6 Å². The third-order valence-corrected chi connectivity index (χ3v) is 3.64. The van der Waals surface area contributed by atoms with Gasteiger partial charge in [0, 0.05) is 0 Å². The van der Waals surface area contributed by atoms with Gasteiger partial charge in [-0.2, -0.15) is 0 Å². The Hall–Kier alpha value is -1.88. The first-order chi connectivity index (χ1) is 10.1. The number of nitrogens with zero attached hydrogens (tertiary/aromatic N) is 1. The molecule has 0 aliphatic carbocycles. The molecular formula is C16H25N3O2.